The second-order valence-electron chi connectivity index (χ2n) is 7.37. The van der Waals surface area contributed by atoms with E-state index in [1.807, 2.05) is 6.07 Å². The average Bonchev–Trinajstić information content (AvgIpc) is 3.34. The van der Waals surface area contributed by atoms with E-state index >= 15 is 0 Å². The van der Waals surface area contributed by atoms with Crippen LogP contribution in [0.2, 0.25) is 0 Å². The number of nitrogens with one attached hydrogen (secondary N) is 3. The molecule has 1 saturated heterocycles. The highest BCUT2D eigenvalue weighted by Crippen LogP contribution is 2.30. The Kier molecular flexibility index (Phi) is 5.61. The maximum Gasteiger partial charge on any atom is 0.222 e. The molecule has 1 aliphatic rings. The molecule has 3 N–H and O–H groups in total. The highest BCUT2D eigenvalue weighted by molar-refractivity contribution is 5.82. The van der Waals surface area contributed by atoms with Crippen LogP contribution in [-0.4, -0.2) is 29.4 Å². The molecule has 1 aliphatic heterocycles. The standard InChI is InChI=1S/C23H21F2N3O2/c24-17-6-1-14(2-7-17)20-11-16(23(28-20)15-3-8-18(25)9-4-15)5-10-21(29)27-19-12-22(30)26-13-19/h1-4,6-9,11,19,28H,5,10,12-13H2,(H,26,30)(H,27,29)/t19-/m0/s1. The number of hydrogen-bond donors (Lipinski definition) is 3. The van der Waals surface area contributed by atoms with Crippen molar-refractivity contribution in [2.75, 3.05) is 6.54 Å². The number of benzene rings is 2. The van der Waals surface area contributed by atoms with Crippen molar-refractivity contribution < 1.29 is 18.4 Å². The average molecular weight is 409 g/mol. The van der Waals surface area contributed by atoms with Gasteiger partial charge in [-0.3, -0.25) is 9.59 Å². The lowest BCUT2D eigenvalue weighted by Gasteiger charge is -2.10. The van der Waals surface area contributed by atoms with Crippen molar-refractivity contribution in [2.45, 2.75) is 25.3 Å². The van der Waals surface area contributed by atoms with Gasteiger partial charge >= 0.3 is 0 Å². The third-order valence-corrected chi connectivity index (χ3v) is 5.15. The van der Waals surface area contributed by atoms with Crippen molar-refractivity contribution in [3.05, 3.63) is 71.8 Å². The number of aromatic amines is 1. The van der Waals surface area contributed by atoms with Gasteiger partial charge in [-0.15, -0.1) is 0 Å². The van der Waals surface area contributed by atoms with Gasteiger partial charge in [-0.05, 0) is 77.7 Å². The normalized spacial score (nSPS) is 15.8. The number of aromatic nitrogens is 1. The fraction of sp³-hybridized carbons (Fsp3) is 0.217. The molecule has 4 rings (SSSR count). The Morgan fingerprint density at radius 2 is 1.63 bits per heavy atom. The molecule has 30 heavy (non-hydrogen) atoms. The van der Waals surface area contributed by atoms with E-state index in [-0.39, 0.29) is 35.9 Å². The molecular weight excluding hydrogens is 388 g/mol. The largest absolute Gasteiger partial charge is 0.354 e. The first-order chi connectivity index (χ1) is 14.5. The van der Waals surface area contributed by atoms with E-state index in [1.54, 1.807) is 24.3 Å². The van der Waals surface area contributed by atoms with Crippen LogP contribution in [0.5, 0.6) is 0 Å². The minimum atomic E-state index is -0.329. The first kappa shape index (κ1) is 19.8. The Hall–Kier alpha value is -3.48. The van der Waals surface area contributed by atoms with Crippen molar-refractivity contribution in [1.29, 1.82) is 0 Å². The zero-order chi connectivity index (χ0) is 21.1. The minimum absolute atomic E-state index is 0.0616. The number of rotatable bonds is 6. The van der Waals surface area contributed by atoms with E-state index in [9.17, 15) is 18.4 Å². The molecule has 1 fully saturated rings. The van der Waals surface area contributed by atoms with Gasteiger partial charge in [-0.1, -0.05) is 0 Å². The number of carbonyl (C=O) groups is 2. The summed E-state index contributed by atoms with van der Waals surface area (Å²) in [6, 6.07) is 14.0. The summed E-state index contributed by atoms with van der Waals surface area (Å²) in [4.78, 5) is 26.9. The minimum Gasteiger partial charge on any atom is -0.354 e. The molecule has 0 unspecified atom stereocenters. The van der Waals surface area contributed by atoms with Crippen LogP contribution < -0.4 is 10.6 Å². The van der Waals surface area contributed by atoms with Gasteiger partial charge in [0.05, 0.1) is 6.04 Å². The second-order valence-corrected chi connectivity index (χ2v) is 7.37. The van der Waals surface area contributed by atoms with Gasteiger partial charge in [0.1, 0.15) is 11.6 Å². The molecule has 0 saturated carbocycles. The molecule has 0 spiro atoms. The van der Waals surface area contributed by atoms with Gasteiger partial charge in [0.2, 0.25) is 11.8 Å². The summed E-state index contributed by atoms with van der Waals surface area (Å²) in [7, 11) is 0. The van der Waals surface area contributed by atoms with E-state index in [0.717, 1.165) is 28.1 Å². The lowest BCUT2D eigenvalue weighted by Crippen LogP contribution is -2.36. The highest BCUT2D eigenvalue weighted by atomic mass is 19.1. The van der Waals surface area contributed by atoms with E-state index in [1.165, 1.54) is 24.3 Å². The first-order valence-electron chi connectivity index (χ1n) is 9.78. The zero-order valence-corrected chi connectivity index (χ0v) is 16.2. The molecule has 1 atom stereocenters. The summed E-state index contributed by atoms with van der Waals surface area (Å²) in [6.45, 7) is 0.449. The maximum absolute atomic E-state index is 13.4. The van der Waals surface area contributed by atoms with Crippen LogP contribution in [0.25, 0.3) is 22.5 Å². The van der Waals surface area contributed by atoms with Gasteiger partial charge in [0, 0.05) is 30.8 Å². The SMILES string of the molecule is O=C1C[C@H](NC(=O)CCc2cc(-c3ccc(F)cc3)[nH]c2-c2ccc(F)cc2)CN1. The Labute approximate surface area is 172 Å². The van der Waals surface area contributed by atoms with Gasteiger partial charge in [-0.2, -0.15) is 0 Å². The summed E-state index contributed by atoms with van der Waals surface area (Å²) < 4.78 is 26.6. The summed E-state index contributed by atoms with van der Waals surface area (Å²) >= 11 is 0. The van der Waals surface area contributed by atoms with Crippen LogP contribution >= 0.6 is 0 Å². The van der Waals surface area contributed by atoms with Crippen LogP contribution in [-0.2, 0) is 16.0 Å². The molecule has 154 valence electrons. The fourth-order valence-corrected chi connectivity index (χ4v) is 3.61. The predicted molar refractivity (Wildman–Crippen MR) is 109 cm³/mol. The summed E-state index contributed by atoms with van der Waals surface area (Å²) in [5.41, 5.74) is 4.09. The quantitative estimate of drug-likeness (QED) is 0.582. The van der Waals surface area contributed by atoms with Gasteiger partial charge < -0.3 is 15.6 Å². The molecule has 0 radical (unpaired) electrons. The van der Waals surface area contributed by atoms with Gasteiger partial charge in [0.15, 0.2) is 0 Å². The Morgan fingerprint density at radius 1 is 1.00 bits per heavy atom. The molecule has 2 amide bonds. The number of carbonyl (C=O) groups excluding carboxylic acids is 2. The highest BCUT2D eigenvalue weighted by Gasteiger charge is 2.23. The van der Waals surface area contributed by atoms with E-state index in [0.29, 0.717) is 19.4 Å². The Balaban J connectivity index is 1.55. The van der Waals surface area contributed by atoms with Crippen molar-refractivity contribution in [1.82, 2.24) is 15.6 Å². The third kappa shape index (κ3) is 4.56. The lowest BCUT2D eigenvalue weighted by molar-refractivity contribution is -0.121. The lowest BCUT2D eigenvalue weighted by atomic mass is 10.0. The molecule has 1 aromatic heterocycles. The van der Waals surface area contributed by atoms with Gasteiger partial charge in [0.25, 0.3) is 0 Å². The number of halogens is 2. The molecular formula is C23H21F2N3O2. The molecule has 2 heterocycles. The predicted octanol–water partition coefficient (Wildman–Crippen LogP) is 3.56. The number of hydrogen-bond acceptors (Lipinski definition) is 2. The number of amides is 2. The van der Waals surface area contributed by atoms with Crippen LogP contribution in [0.1, 0.15) is 18.4 Å². The van der Waals surface area contributed by atoms with Crippen molar-refractivity contribution in [2.24, 2.45) is 0 Å². The van der Waals surface area contributed by atoms with Crippen molar-refractivity contribution >= 4 is 11.8 Å². The number of H-pyrrole nitrogens is 1. The molecule has 0 bridgehead atoms. The fourth-order valence-electron chi connectivity index (χ4n) is 3.61. The van der Waals surface area contributed by atoms with Crippen LogP contribution in [0, 0.1) is 11.6 Å². The van der Waals surface area contributed by atoms with Crippen LogP contribution in [0.4, 0.5) is 8.78 Å². The van der Waals surface area contributed by atoms with E-state index in [4.69, 9.17) is 0 Å². The molecule has 7 heteroatoms. The summed E-state index contributed by atoms with van der Waals surface area (Å²) in [5, 5.41) is 5.56. The summed E-state index contributed by atoms with van der Waals surface area (Å²) in [5.74, 6) is -0.842. The zero-order valence-electron chi connectivity index (χ0n) is 16.2. The molecule has 5 nitrogen and oxygen atoms in total. The Bertz CT molecular complexity index is 1060. The van der Waals surface area contributed by atoms with Crippen LogP contribution in [0.3, 0.4) is 0 Å². The van der Waals surface area contributed by atoms with Crippen molar-refractivity contribution in [3.63, 3.8) is 0 Å². The van der Waals surface area contributed by atoms with Gasteiger partial charge in [-0.25, -0.2) is 8.78 Å². The molecule has 3 aromatic rings. The summed E-state index contributed by atoms with van der Waals surface area (Å²) in [6.07, 6.45) is 1.01. The van der Waals surface area contributed by atoms with E-state index < -0.39 is 0 Å². The molecule has 2 aromatic carbocycles. The topological polar surface area (TPSA) is 74.0 Å². The smallest absolute Gasteiger partial charge is 0.222 e. The van der Waals surface area contributed by atoms with E-state index in [2.05, 4.69) is 15.6 Å². The van der Waals surface area contributed by atoms with Crippen molar-refractivity contribution in [3.8, 4) is 22.5 Å². The first-order valence-corrected chi connectivity index (χ1v) is 9.78. The molecule has 0 aliphatic carbocycles. The monoisotopic (exact) mass is 409 g/mol. The Morgan fingerprint density at radius 3 is 2.23 bits per heavy atom. The van der Waals surface area contributed by atoms with Crippen LogP contribution in [0.15, 0.2) is 54.6 Å². The number of aryl methyl sites for hydroxylation is 1. The third-order valence-electron chi connectivity index (χ3n) is 5.15. The maximum atomic E-state index is 13.4. The second kappa shape index (κ2) is 8.49.